The SMILES string of the molecule is CC#CCCC(NCC)c1cc(Cl)c(OC)c(OC)c1. The Morgan fingerprint density at radius 2 is 2.05 bits per heavy atom. The summed E-state index contributed by atoms with van der Waals surface area (Å²) >= 11 is 6.26. The van der Waals surface area contributed by atoms with Crippen molar-refractivity contribution in [3.8, 4) is 23.3 Å². The van der Waals surface area contributed by atoms with Crippen molar-refractivity contribution in [2.75, 3.05) is 20.8 Å². The van der Waals surface area contributed by atoms with Crippen molar-refractivity contribution in [1.29, 1.82) is 0 Å². The number of nitrogens with one attached hydrogen (secondary N) is 1. The topological polar surface area (TPSA) is 30.5 Å². The highest BCUT2D eigenvalue weighted by atomic mass is 35.5. The fraction of sp³-hybridized carbons (Fsp3) is 0.500. The average molecular weight is 296 g/mol. The predicted octanol–water partition coefficient (Wildman–Crippen LogP) is 3.81. The maximum atomic E-state index is 6.26. The molecule has 1 N–H and O–H groups in total. The van der Waals surface area contributed by atoms with E-state index in [9.17, 15) is 0 Å². The van der Waals surface area contributed by atoms with E-state index in [0.717, 1.165) is 24.9 Å². The van der Waals surface area contributed by atoms with E-state index in [-0.39, 0.29) is 6.04 Å². The summed E-state index contributed by atoms with van der Waals surface area (Å²) in [7, 11) is 3.20. The monoisotopic (exact) mass is 295 g/mol. The van der Waals surface area contributed by atoms with Gasteiger partial charge in [0.05, 0.1) is 19.2 Å². The van der Waals surface area contributed by atoms with Gasteiger partial charge >= 0.3 is 0 Å². The Hall–Kier alpha value is -1.37. The van der Waals surface area contributed by atoms with Crippen LogP contribution in [0.15, 0.2) is 12.1 Å². The number of rotatable bonds is 7. The molecule has 4 heteroatoms. The van der Waals surface area contributed by atoms with Crippen LogP contribution in [-0.4, -0.2) is 20.8 Å². The minimum absolute atomic E-state index is 0.207. The maximum absolute atomic E-state index is 6.26. The first kappa shape index (κ1) is 16.7. The molecule has 1 aromatic carbocycles. The van der Waals surface area contributed by atoms with Crippen molar-refractivity contribution >= 4 is 11.6 Å². The van der Waals surface area contributed by atoms with Gasteiger partial charge in [-0.25, -0.2) is 0 Å². The lowest BCUT2D eigenvalue weighted by Crippen LogP contribution is -2.20. The molecule has 3 nitrogen and oxygen atoms in total. The standard InChI is InChI=1S/C16H22ClNO2/c1-5-7-8-9-14(18-6-2)12-10-13(17)16(20-4)15(11-12)19-3/h10-11,14,18H,6,8-9H2,1-4H3. The van der Waals surface area contributed by atoms with Crippen molar-refractivity contribution in [2.24, 2.45) is 0 Å². The Balaban J connectivity index is 3.05. The van der Waals surface area contributed by atoms with E-state index in [4.69, 9.17) is 21.1 Å². The van der Waals surface area contributed by atoms with Crippen LogP contribution in [0.1, 0.15) is 38.3 Å². The highest BCUT2D eigenvalue weighted by molar-refractivity contribution is 6.32. The van der Waals surface area contributed by atoms with Crippen LogP contribution in [0, 0.1) is 11.8 Å². The van der Waals surface area contributed by atoms with Crippen molar-refractivity contribution < 1.29 is 9.47 Å². The lowest BCUT2D eigenvalue weighted by atomic mass is 10.0. The van der Waals surface area contributed by atoms with Gasteiger partial charge < -0.3 is 14.8 Å². The average Bonchev–Trinajstić information content (AvgIpc) is 2.45. The van der Waals surface area contributed by atoms with Crippen LogP contribution >= 0.6 is 11.6 Å². The molecule has 0 radical (unpaired) electrons. The molecule has 0 saturated heterocycles. The van der Waals surface area contributed by atoms with Gasteiger partial charge in [0.25, 0.3) is 0 Å². The molecule has 0 bridgehead atoms. The van der Waals surface area contributed by atoms with Crippen molar-refractivity contribution in [1.82, 2.24) is 5.32 Å². The summed E-state index contributed by atoms with van der Waals surface area (Å²) in [4.78, 5) is 0. The van der Waals surface area contributed by atoms with Gasteiger partial charge in [-0.2, -0.15) is 0 Å². The first-order valence-electron chi connectivity index (χ1n) is 6.72. The third-order valence-corrected chi connectivity index (χ3v) is 3.32. The summed E-state index contributed by atoms with van der Waals surface area (Å²) < 4.78 is 10.6. The molecule has 0 aliphatic carbocycles. The zero-order valence-corrected chi connectivity index (χ0v) is 13.3. The van der Waals surface area contributed by atoms with Crippen LogP contribution in [0.4, 0.5) is 0 Å². The van der Waals surface area contributed by atoms with Crippen LogP contribution in [0.5, 0.6) is 11.5 Å². The lowest BCUT2D eigenvalue weighted by Gasteiger charge is -2.20. The molecule has 1 atom stereocenters. The predicted molar refractivity (Wildman–Crippen MR) is 83.7 cm³/mol. The Morgan fingerprint density at radius 3 is 2.60 bits per heavy atom. The second kappa shape index (κ2) is 8.73. The van der Waals surface area contributed by atoms with Crippen LogP contribution < -0.4 is 14.8 Å². The van der Waals surface area contributed by atoms with E-state index in [1.807, 2.05) is 19.1 Å². The molecule has 0 aromatic heterocycles. The molecule has 0 spiro atoms. The Labute approximate surface area is 126 Å². The lowest BCUT2D eigenvalue weighted by molar-refractivity contribution is 0.354. The summed E-state index contributed by atoms with van der Waals surface area (Å²) in [5, 5.41) is 4.01. The summed E-state index contributed by atoms with van der Waals surface area (Å²) in [6.45, 7) is 4.83. The van der Waals surface area contributed by atoms with Gasteiger partial charge in [0.1, 0.15) is 0 Å². The van der Waals surface area contributed by atoms with Gasteiger partial charge in [0.2, 0.25) is 0 Å². The molecule has 0 saturated carbocycles. The largest absolute Gasteiger partial charge is 0.493 e. The van der Waals surface area contributed by atoms with Gasteiger partial charge in [-0.05, 0) is 37.6 Å². The highest BCUT2D eigenvalue weighted by Gasteiger charge is 2.16. The van der Waals surface area contributed by atoms with Gasteiger partial charge in [0, 0.05) is 12.5 Å². The number of hydrogen-bond acceptors (Lipinski definition) is 3. The molecule has 0 fully saturated rings. The molecule has 0 amide bonds. The van der Waals surface area contributed by atoms with E-state index in [0.29, 0.717) is 16.5 Å². The zero-order chi connectivity index (χ0) is 15.0. The Morgan fingerprint density at radius 1 is 1.30 bits per heavy atom. The Bertz CT molecular complexity index is 491. The van der Waals surface area contributed by atoms with E-state index in [1.54, 1.807) is 14.2 Å². The minimum Gasteiger partial charge on any atom is -0.493 e. The van der Waals surface area contributed by atoms with Gasteiger partial charge in [-0.15, -0.1) is 11.8 Å². The molecule has 1 unspecified atom stereocenters. The van der Waals surface area contributed by atoms with Gasteiger partial charge in [-0.1, -0.05) is 18.5 Å². The summed E-state index contributed by atoms with van der Waals surface area (Å²) in [5.74, 6) is 7.24. The molecule has 1 rings (SSSR count). The van der Waals surface area contributed by atoms with E-state index in [2.05, 4.69) is 24.1 Å². The summed E-state index contributed by atoms with van der Waals surface area (Å²) in [5.41, 5.74) is 1.09. The number of benzene rings is 1. The van der Waals surface area contributed by atoms with Gasteiger partial charge in [0.15, 0.2) is 11.5 Å². The summed E-state index contributed by atoms with van der Waals surface area (Å²) in [6.07, 6.45) is 1.78. The second-order valence-electron chi connectivity index (χ2n) is 4.31. The molecule has 110 valence electrons. The van der Waals surface area contributed by atoms with E-state index < -0.39 is 0 Å². The zero-order valence-electron chi connectivity index (χ0n) is 12.5. The van der Waals surface area contributed by atoms with E-state index >= 15 is 0 Å². The quantitative estimate of drug-likeness (QED) is 0.776. The smallest absolute Gasteiger partial charge is 0.179 e. The van der Waals surface area contributed by atoms with Crippen molar-refractivity contribution in [3.63, 3.8) is 0 Å². The minimum atomic E-state index is 0.207. The van der Waals surface area contributed by atoms with Crippen molar-refractivity contribution in [3.05, 3.63) is 22.7 Å². The van der Waals surface area contributed by atoms with Crippen LogP contribution in [0.2, 0.25) is 5.02 Å². The number of methoxy groups -OCH3 is 2. The molecular weight excluding hydrogens is 274 g/mol. The fourth-order valence-corrected chi connectivity index (χ4v) is 2.41. The molecular formula is C16H22ClNO2. The number of halogens is 1. The third kappa shape index (κ3) is 4.33. The fourth-order valence-electron chi connectivity index (χ4n) is 2.11. The molecule has 0 heterocycles. The summed E-state index contributed by atoms with van der Waals surface area (Å²) in [6, 6.07) is 4.10. The van der Waals surface area contributed by atoms with Crippen LogP contribution in [0.3, 0.4) is 0 Å². The normalized spacial score (nSPS) is 11.4. The van der Waals surface area contributed by atoms with Crippen LogP contribution in [0.25, 0.3) is 0 Å². The highest BCUT2D eigenvalue weighted by Crippen LogP contribution is 2.38. The first-order chi connectivity index (χ1) is 9.67. The Kier molecular flexibility index (Phi) is 7.28. The number of hydrogen-bond donors (Lipinski definition) is 1. The second-order valence-corrected chi connectivity index (χ2v) is 4.72. The first-order valence-corrected chi connectivity index (χ1v) is 7.10. The molecule has 1 aromatic rings. The molecule has 0 aliphatic heterocycles. The van der Waals surface area contributed by atoms with E-state index in [1.165, 1.54) is 0 Å². The van der Waals surface area contributed by atoms with Crippen molar-refractivity contribution in [2.45, 2.75) is 32.7 Å². The number of ether oxygens (including phenoxy) is 2. The van der Waals surface area contributed by atoms with Crippen LogP contribution in [-0.2, 0) is 0 Å². The maximum Gasteiger partial charge on any atom is 0.179 e. The van der Waals surface area contributed by atoms with Gasteiger partial charge in [-0.3, -0.25) is 0 Å². The molecule has 20 heavy (non-hydrogen) atoms. The molecule has 0 aliphatic rings. The third-order valence-electron chi connectivity index (χ3n) is 3.04.